The monoisotopic (exact) mass is 865 g/mol. The lowest BCUT2D eigenvalue weighted by Crippen LogP contribution is -2.28. The van der Waals surface area contributed by atoms with E-state index in [4.69, 9.17) is 9.47 Å². The minimum absolute atomic E-state index is 0.0725. The average molecular weight is 865 g/mol. The summed E-state index contributed by atoms with van der Waals surface area (Å²) >= 11 is 0. The van der Waals surface area contributed by atoms with E-state index in [-0.39, 0.29) is 25.2 Å². The van der Waals surface area contributed by atoms with E-state index in [1.54, 1.807) is 0 Å². The molecule has 0 fully saturated rings. The summed E-state index contributed by atoms with van der Waals surface area (Å²) in [6.45, 7) is 4.00. The highest BCUT2D eigenvalue weighted by Crippen LogP contribution is 2.16. The highest BCUT2D eigenvalue weighted by atomic mass is 16.6. The minimum atomic E-state index is -0.778. The molecule has 0 saturated carbocycles. The van der Waals surface area contributed by atoms with Crippen LogP contribution in [-0.4, -0.2) is 36.4 Å². The molecule has 0 aliphatic rings. The zero-order chi connectivity index (χ0) is 44.9. The van der Waals surface area contributed by atoms with Gasteiger partial charge in [-0.3, -0.25) is 9.59 Å². The lowest BCUT2D eigenvalue weighted by atomic mass is 10.0. The van der Waals surface area contributed by atoms with Crippen molar-refractivity contribution >= 4 is 11.9 Å². The molecule has 62 heavy (non-hydrogen) atoms. The van der Waals surface area contributed by atoms with Crippen molar-refractivity contribution in [1.29, 1.82) is 0 Å². The summed E-state index contributed by atoms with van der Waals surface area (Å²) in [5.74, 6) is -0.600. The zero-order valence-electron chi connectivity index (χ0n) is 40.9. The van der Waals surface area contributed by atoms with Crippen LogP contribution in [0.4, 0.5) is 0 Å². The SMILES string of the molecule is CC/C=C\C/C=C\C/C=C\C/C=C\CCCCCCCCCCCCCCCCCCCCCCC(=O)OC(CO)COC(=O)CCCCCCC/C=C\C/C=C\CCCCC. The van der Waals surface area contributed by atoms with Gasteiger partial charge in [0.1, 0.15) is 6.61 Å². The van der Waals surface area contributed by atoms with Gasteiger partial charge in [0, 0.05) is 12.8 Å². The summed E-state index contributed by atoms with van der Waals surface area (Å²) in [6, 6.07) is 0. The van der Waals surface area contributed by atoms with Gasteiger partial charge >= 0.3 is 11.9 Å². The van der Waals surface area contributed by atoms with Crippen molar-refractivity contribution in [2.45, 2.75) is 264 Å². The van der Waals surface area contributed by atoms with Crippen LogP contribution in [0.5, 0.6) is 0 Å². The molecule has 0 radical (unpaired) electrons. The van der Waals surface area contributed by atoms with E-state index in [2.05, 4.69) is 86.8 Å². The van der Waals surface area contributed by atoms with Crippen molar-refractivity contribution in [1.82, 2.24) is 0 Å². The van der Waals surface area contributed by atoms with Crippen LogP contribution in [-0.2, 0) is 19.1 Å². The van der Waals surface area contributed by atoms with Gasteiger partial charge in [-0.15, -0.1) is 0 Å². The maximum atomic E-state index is 12.3. The first-order chi connectivity index (χ1) is 30.6. The van der Waals surface area contributed by atoms with E-state index in [1.807, 2.05) is 0 Å². The maximum Gasteiger partial charge on any atom is 0.306 e. The number of ether oxygens (including phenoxy) is 2. The number of rotatable bonds is 48. The Morgan fingerprint density at radius 2 is 0.694 bits per heavy atom. The van der Waals surface area contributed by atoms with Gasteiger partial charge in [0.15, 0.2) is 6.10 Å². The third-order valence-electron chi connectivity index (χ3n) is 11.5. The number of hydrogen-bond acceptors (Lipinski definition) is 5. The lowest BCUT2D eigenvalue weighted by molar-refractivity contribution is -0.161. The number of hydrogen-bond donors (Lipinski definition) is 1. The number of allylic oxidation sites excluding steroid dienone is 12. The van der Waals surface area contributed by atoms with E-state index < -0.39 is 6.10 Å². The largest absolute Gasteiger partial charge is 0.462 e. The Morgan fingerprint density at radius 3 is 1.05 bits per heavy atom. The highest BCUT2D eigenvalue weighted by molar-refractivity contribution is 5.70. The Balaban J connectivity index is 3.45. The van der Waals surface area contributed by atoms with Crippen molar-refractivity contribution in [3.8, 4) is 0 Å². The van der Waals surface area contributed by atoms with Gasteiger partial charge in [-0.25, -0.2) is 0 Å². The molecule has 0 aromatic carbocycles. The van der Waals surface area contributed by atoms with E-state index in [9.17, 15) is 14.7 Å². The quantitative estimate of drug-likeness (QED) is 0.0375. The van der Waals surface area contributed by atoms with Crippen LogP contribution in [0.1, 0.15) is 258 Å². The van der Waals surface area contributed by atoms with Crippen LogP contribution in [0.25, 0.3) is 0 Å². The van der Waals surface area contributed by atoms with Gasteiger partial charge in [0.05, 0.1) is 6.61 Å². The van der Waals surface area contributed by atoms with Crippen LogP contribution in [0.2, 0.25) is 0 Å². The molecule has 0 spiro atoms. The summed E-state index contributed by atoms with van der Waals surface area (Å²) < 4.78 is 10.7. The topological polar surface area (TPSA) is 72.8 Å². The van der Waals surface area contributed by atoms with Crippen LogP contribution in [0.3, 0.4) is 0 Å². The number of carbonyl (C=O) groups is 2. The first kappa shape index (κ1) is 59.3. The summed E-state index contributed by atoms with van der Waals surface area (Å²) in [5, 5.41) is 9.62. The van der Waals surface area contributed by atoms with Gasteiger partial charge in [0.2, 0.25) is 0 Å². The van der Waals surface area contributed by atoms with Crippen molar-refractivity contribution in [3.05, 3.63) is 72.9 Å². The van der Waals surface area contributed by atoms with Gasteiger partial charge < -0.3 is 14.6 Å². The molecule has 0 aliphatic heterocycles. The molecule has 0 amide bonds. The Morgan fingerprint density at radius 1 is 0.387 bits per heavy atom. The highest BCUT2D eigenvalue weighted by Gasteiger charge is 2.16. The molecule has 0 bridgehead atoms. The van der Waals surface area contributed by atoms with E-state index >= 15 is 0 Å². The van der Waals surface area contributed by atoms with Crippen LogP contribution in [0, 0.1) is 0 Å². The first-order valence-corrected chi connectivity index (χ1v) is 26.5. The summed E-state index contributed by atoms with van der Waals surface area (Å²) in [5.41, 5.74) is 0. The van der Waals surface area contributed by atoms with Crippen molar-refractivity contribution in [2.75, 3.05) is 13.2 Å². The fourth-order valence-corrected chi connectivity index (χ4v) is 7.52. The Kier molecular flexibility index (Phi) is 50.4. The summed E-state index contributed by atoms with van der Waals surface area (Å²) in [7, 11) is 0. The molecule has 0 aromatic heterocycles. The van der Waals surface area contributed by atoms with Gasteiger partial charge in [-0.1, -0.05) is 234 Å². The summed E-state index contributed by atoms with van der Waals surface area (Å²) in [6.07, 6.45) is 71.6. The van der Waals surface area contributed by atoms with Gasteiger partial charge in [0.25, 0.3) is 0 Å². The second-order valence-electron chi connectivity index (χ2n) is 17.6. The molecular weight excluding hydrogens is 765 g/mol. The maximum absolute atomic E-state index is 12.3. The zero-order valence-corrected chi connectivity index (χ0v) is 40.9. The van der Waals surface area contributed by atoms with Crippen LogP contribution < -0.4 is 0 Å². The molecular formula is C57H100O5. The van der Waals surface area contributed by atoms with Crippen LogP contribution in [0.15, 0.2) is 72.9 Å². The molecule has 0 heterocycles. The minimum Gasteiger partial charge on any atom is -0.462 e. The van der Waals surface area contributed by atoms with E-state index in [0.717, 1.165) is 77.0 Å². The van der Waals surface area contributed by atoms with E-state index in [0.29, 0.717) is 12.8 Å². The van der Waals surface area contributed by atoms with Crippen molar-refractivity contribution < 1.29 is 24.2 Å². The summed E-state index contributed by atoms with van der Waals surface area (Å²) in [4.78, 5) is 24.4. The molecule has 5 nitrogen and oxygen atoms in total. The van der Waals surface area contributed by atoms with E-state index in [1.165, 1.54) is 154 Å². The number of aliphatic hydroxyl groups excluding tert-OH is 1. The molecule has 0 saturated heterocycles. The second kappa shape index (κ2) is 52.7. The standard InChI is InChI=1S/C57H100O5/c1-3-5-7-9-11-13-15-17-19-20-21-22-23-24-25-26-27-28-29-30-31-32-33-34-35-36-38-40-42-44-46-48-50-52-57(60)62-55(53-58)54-61-56(59)51-49-47-45-43-41-39-37-18-16-14-12-10-8-6-4-2/h5,7,11-14,17-19,21-22,37,55,58H,3-4,6,8-10,15-16,20,23-36,38-54H2,1-2H3/b7-5-,13-11-,14-12-,19-17-,22-21-,37-18-. The predicted molar refractivity (Wildman–Crippen MR) is 270 cm³/mol. The van der Waals surface area contributed by atoms with Crippen LogP contribution >= 0.6 is 0 Å². The number of unbranched alkanes of at least 4 members (excludes halogenated alkanes) is 28. The Bertz CT molecular complexity index is 1110. The first-order valence-electron chi connectivity index (χ1n) is 26.5. The lowest BCUT2D eigenvalue weighted by Gasteiger charge is -2.15. The Labute approximate surface area is 384 Å². The normalized spacial score (nSPS) is 12.8. The molecule has 1 N–H and O–H groups in total. The number of esters is 2. The fourth-order valence-electron chi connectivity index (χ4n) is 7.52. The molecule has 5 heteroatoms. The van der Waals surface area contributed by atoms with Crippen molar-refractivity contribution in [2.24, 2.45) is 0 Å². The third-order valence-corrected chi connectivity index (χ3v) is 11.5. The third kappa shape index (κ3) is 50.0. The van der Waals surface area contributed by atoms with Crippen molar-refractivity contribution in [3.63, 3.8) is 0 Å². The molecule has 1 unspecified atom stereocenters. The molecule has 0 aromatic rings. The Hall–Kier alpha value is -2.66. The van der Waals surface area contributed by atoms with Gasteiger partial charge in [-0.2, -0.15) is 0 Å². The molecule has 1 atom stereocenters. The predicted octanol–water partition coefficient (Wildman–Crippen LogP) is 17.6. The average Bonchev–Trinajstić information content (AvgIpc) is 3.28. The molecule has 0 rings (SSSR count). The molecule has 0 aliphatic carbocycles. The fraction of sp³-hybridized carbons (Fsp3) is 0.754. The smallest absolute Gasteiger partial charge is 0.306 e. The number of aliphatic hydroxyl groups is 1. The number of carbonyl (C=O) groups excluding carboxylic acids is 2. The molecule has 358 valence electrons. The van der Waals surface area contributed by atoms with Gasteiger partial charge in [-0.05, 0) is 83.5 Å². The second-order valence-corrected chi connectivity index (χ2v) is 17.6.